The summed E-state index contributed by atoms with van der Waals surface area (Å²) < 4.78 is 0. The van der Waals surface area contributed by atoms with Gasteiger partial charge in [0, 0.05) is 5.41 Å². The smallest absolute Gasteiger partial charge is 0.211 e. The first kappa shape index (κ1) is 18.2. The maximum atomic E-state index is 10.9. The van der Waals surface area contributed by atoms with Crippen LogP contribution in [-0.2, 0) is 10.2 Å². The molecule has 0 spiro atoms. The maximum absolute atomic E-state index is 10.9. The lowest BCUT2D eigenvalue weighted by atomic mass is 9.75. The van der Waals surface area contributed by atoms with E-state index >= 15 is 0 Å². The van der Waals surface area contributed by atoms with E-state index in [-0.39, 0.29) is 5.41 Å². The van der Waals surface area contributed by atoms with Crippen molar-refractivity contribution in [2.45, 2.75) is 58.8 Å². The first-order valence-electron chi connectivity index (χ1n) is 8.60. The summed E-state index contributed by atoms with van der Waals surface area (Å²) in [6.07, 6.45) is 1.74. The van der Waals surface area contributed by atoms with Crippen LogP contribution in [-0.4, -0.2) is 6.08 Å². The molecule has 0 aliphatic heterocycles. The molecule has 24 heavy (non-hydrogen) atoms. The predicted molar refractivity (Wildman–Crippen MR) is 101 cm³/mol. The molecule has 0 saturated carbocycles. The van der Waals surface area contributed by atoms with E-state index < -0.39 is 0 Å². The van der Waals surface area contributed by atoms with Gasteiger partial charge in [-0.3, -0.25) is 0 Å². The summed E-state index contributed by atoms with van der Waals surface area (Å²) in [5.74, 6) is 0.585. The van der Waals surface area contributed by atoms with Gasteiger partial charge in [-0.05, 0) is 34.1 Å². The number of isocyanates is 1. The summed E-state index contributed by atoms with van der Waals surface area (Å²) in [6, 6.07) is 15.0. The average molecular weight is 321 g/mol. The topological polar surface area (TPSA) is 29.4 Å². The second-order valence-electron chi connectivity index (χ2n) is 7.51. The number of rotatable bonds is 5. The summed E-state index contributed by atoms with van der Waals surface area (Å²) >= 11 is 0. The number of carbonyl (C=O) groups excluding carboxylic acids is 1. The molecule has 0 saturated heterocycles. The van der Waals surface area contributed by atoms with E-state index in [1.807, 2.05) is 6.07 Å². The van der Waals surface area contributed by atoms with Gasteiger partial charge in [-0.15, -0.1) is 0 Å². The van der Waals surface area contributed by atoms with Gasteiger partial charge in [0.15, 0.2) is 0 Å². The molecule has 126 valence electrons. The van der Waals surface area contributed by atoms with Crippen molar-refractivity contribution in [1.29, 1.82) is 0 Å². The Morgan fingerprint density at radius 3 is 1.79 bits per heavy atom. The average Bonchev–Trinajstić information content (AvgIpc) is 2.55. The molecule has 0 atom stereocenters. The Labute approximate surface area is 145 Å². The molecule has 2 nitrogen and oxygen atoms in total. The Morgan fingerprint density at radius 1 is 0.875 bits per heavy atom. The van der Waals surface area contributed by atoms with Crippen molar-refractivity contribution in [3.8, 4) is 0 Å². The van der Waals surface area contributed by atoms with Gasteiger partial charge in [0.05, 0.1) is 5.69 Å². The van der Waals surface area contributed by atoms with Crippen LogP contribution in [0.2, 0.25) is 0 Å². The molecule has 0 fully saturated rings. The van der Waals surface area contributed by atoms with E-state index in [2.05, 4.69) is 82.9 Å². The highest BCUT2D eigenvalue weighted by Gasteiger charge is 2.26. The van der Waals surface area contributed by atoms with Gasteiger partial charge in [-0.1, -0.05) is 84.0 Å². The summed E-state index contributed by atoms with van der Waals surface area (Å²) in [7, 11) is 0. The van der Waals surface area contributed by atoms with E-state index in [0.717, 1.165) is 16.8 Å². The van der Waals surface area contributed by atoms with Gasteiger partial charge < -0.3 is 0 Å². The highest BCUT2D eigenvalue weighted by atomic mass is 16.1. The molecule has 0 heterocycles. The SMILES string of the molecule is CC(C)c1cc(C(C)(C)c2ccccc2)cc(C(C)C)c1N=C=O. The van der Waals surface area contributed by atoms with Crippen molar-refractivity contribution in [1.82, 2.24) is 0 Å². The summed E-state index contributed by atoms with van der Waals surface area (Å²) in [4.78, 5) is 15.0. The molecule has 2 aromatic carbocycles. The number of hydrogen-bond donors (Lipinski definition) is 0. The fraction of sp³-hybridized carbons (Fsp3) is 0.409. The minimum atomic E-state index is -0.113. The van der Waals surface area contributed by atoms with E-state index in [1.165, 1.54) is 11.1 Å². The number of aliphatic imine (C=N–C) groups is 1. The van der Waals surface area contributed by atoms with Gasteiger partial charge in [-0.25, -0.2) is 4.79 Å². The maximum Gasteiger partial charge on any atom is 0.240 e. The summed E-state index contributed by atoms with van der Waals surface area (Å²) in [5.41, 5.74) is 5.44. The van der Waals surface area contributed by atoms with Crippen LogP contribution < -0.4 is 0 Å². The molecule has 2 heteroatoms. The second-order valence-corrected chi connectivity index (χ2v) is 7.51. The van der Waals surface area contributed by atoms with Crippen molar-refractivity contribution in [2.75, 3.05) is 0 Å². The third kappa shape index (κ3) is 3.49. The molecule has 0 unspecified atom stereocenters. The minimum absolute atomic E-state index is 0.113. The lowest BCUT2D eigenvalue weighted by Gasteiger charge is -2.29. The Morgan fingerprint density at radius 2 is 1.38 bits per heavy atom. The summed E-state index contributed by atoms with van der Waals surface area (Å²) in [6.45, 7) is 13.1. The zero-order valence-corrected chi connectivity index (χ0v) is 15.6. The van der Waals surface area contributed by atoms with Gasteiger partial charge in [0.2, 0.25) is 6.08 Å². The molecule has 0 amide bonds. The lowest BCUT2D eigenvalue weighted by molar-refractivity contribution is 0.565. The van der Waals surface area contributed by atoms with Gasteiger partial charge >= 0.3 is 0 Å². The van der Waals surface area contributed by atoms with Crippen molar-refractivity contribution < 1.29 is 4.79 Å². The molecular weight excluding hydrogens is 294 g/mol. The molecule has 2 rings (SSSR count). The van der Waals surface area contributed by atoms with Crippen LogP contribution in [0.4, 0.5) is 5.69 Å². The molecule has 0 N–H and O–H groups in total. The van der Waals surface area contributed by atoms with E-state index in [1.54, 1.807) is 6.08 Å². The van der Waals surface area contributed by atoms with E-state index in [9.17, 15) is 4.79 Å². The van der Waals surface area contributed by atoms with Crippen molar-refractivity contribution in [2.24, 2.45) is 4.99 Å². The monoisotopic (exact) mass is 321 g/mol. The largest absolute Gasteiger partial charge is 0.240 e. The fourth-order valence-corrected chi connectivity index (χ4v) is 3.12. The van der Waals surface area contributed by atoms with Gasteiger partial charge in [0.1, 0.15) is 0 Å². The van der Waals surface area contributed by atoms with Crippen LogP contribution in [0.3, 0.4) is 0 Å². The number of benzene rings is 2. The quantitative estimate of drug-likeness (QED) is 0.474. The van der Waals surface area contributed by atoms with Crippen molar-refractivity contribution in [3.05, 3.63) is 64.7 Å². The highest BCUT2D eigenvalue weighted by molar-refractivity contribution is 5.63. The van der Waals surface area contributed by atoms with Crippen molar-refractivity contribution >= 4 is 11.8 Å². The van der Waals surface area contributed by atoms with Crippen LogP contribution in [0.5, 0.6) is 0 Å². The third-order valence-electron chi connectivity index (χ3n) is 4.79. The second kappa shape index (κ2) is 7.15. The van der Waals surface area contributed by atoms with Crippen LogP contribution in [0, 0.1) is 0 Å². The third-order valence-corrected chi connectivity index (χ3v) is 4.79. The van der Waals surface area contributed by atoms with Crippen LogP contribution in [0.25, 0.3) is 0 Å². The Bertz CT molecular complexity index is 722. The molecule has 0 bridgehead atoms. The lowest BCUT2D eigenvalue weighted by Crippen LogP contribution is -2.20. The van der Waals surface area contributed by atoms with Crippen LogP contribution in [0.15, 0.2) is 47.5 Å². The highest BCUT2D eigenvalue weighted by Crippen LogP contribution is 2.40. The molecule has 2 aromatic rings. The standard InChI is InChI=1S/C22H27NO/c1-15(2)19-12-18(13-20(16(3)4)21(19)23-14-24)22(5,6)17-10-8-7-9-11-17/h7-13,15-16H,1-6H3. The zero-order valence-electron chi connectivity index (χ0n) is 15.6. The molecule has 0 aliphatic rings. The number of hydrogen-bond acceptors (Lipinski definition) is 2. The van der Waals surface area contributed by atoms with E-state index in [0.29, 0.717) is 11.8 Å². The van der Waals surface area contributed by atoms with Crippen LogP contribution >= 0.6 is 0 Å². The first-order chi connectivity index (χ1) is 11.3. The fourth-order valence-electron chi connectivity index (χ4n) is 3.12. The molecule has 0 aromatic heterocycles. The Kier molecular flexibility index (Phi) is 5.41. The normalized spacial score (nSPS) is 11.7. The Hall–Kier alpha value is -2.18. The Balaban J connectivity index is 2.74. The van der Waals surface area contributed by atoms with Crippen LogP contribution in [0.1, 0.15) is 75.6 Å². The summed E-state index contributed by atoms with van der Waals surface area (Å²) in [5, 5.41) is 0. The van der Waals surface area contributed by atoms with E-state index in [4.69, 9.17) is 0 Å². The van der Waals surface area contributed by atoms with Gasteiger partial charge in [0.25, 0.3) is 0 Å². The molecule has 0 radical (unpaired) electrons. The van der Waals surface area contributed by atoms with Gasteiger partial charge in [-0.2, -0.15) is 4.99 Å². The molecular formula is C22H27NO. The zero-order chi connectivity index (χ0) is 17.9. The van der Waals surface area contributed by atoms with Crippen molar-refractivity contribution in [3.63, 3.8) is 0 Å². The first-order valence-corrected chi connectivity index (χ1v) is 8.60. The predicted octanol–water partition coefficient (Wildman–Crippen LogP) is 6.23. The molecule has 0 aliphatic carbocycles. The minimum Gasteiger partial charge on any atom is -0.211 e. The number of nitrogens with zero attached hydrogens (tertiary/aromatic N) is 1.